The third-order valence-electron chi connectivity index (χ3n) is 2.58. The van der Waals surface area contributed by atoms with Crippen molar-refractivity contribution in [1.29, 1.82) is 0 Å². The van der Waals surface area contributed by atoms with Gasteiger partial charge >= 0.3 is 0 Å². The first-order valence-electron chi connectivity index (χ1n) is 5.58. The number of hydrogen-bond donors (Lipinski definition) is 0. The highest BCUT2D eigenvalue weighted by atomic mass is 32.2. The van der Waals surface area contributed by atoms with Crippen LogP contribution in [0.4, 0.5) is 0 Å². The predicted molar refractivity (Wildman–Crippen MR) is 71.4 cm³/mol. The molecule has 0 aromatic rings. The Morgan fingerprint density at radius 1 is 0.737 bits per heavy atom. The Labute approximate surface area is 114 Å². The van der Waals surface area contributed by atoms with Gasteiger partial charge in [0.2, 0.25) is 29.7 Å². The lowest BCUT2D eigenvalue weighted by Gasteiger charge is -2.21. The molecule has 1 rings (SSSR count). The number of rotatable bonds is 2. The van der Waals surface area contributed by atoms with Crippen molar-refractivity contribution >= 4 is 19.7 Å². The molecule has 0 spiro atoms. The molecule has 0 aliphatic carbocycles. The van der Waals surface area contributed by atoms with Crippen LogP contribution in [-0.4, -0.2) is 26.3 Å². The first-order chi connectivity index (χ1) is 8.23. The summed E-state index contributed by atoms with van der Waals surface area (Å²) in [5.74, 6) is 0. The summed E-state index contributed by atoms with van der Waals surface area (Å²) in [4.78, 5) is 0. The number of sulfone groups is 2. The van der Waals surface area contributed by atoms with Crippen molar-refractivity contribution in [2.45, 2.75) is 51.0 Å². The maximum Gasteiger partial charge on any atom is 0.219 e. The summed E-state index contributed by atoms with van der Waals surface area (Å²) in [6.07, 6.45) is 0. The van der Waals surface area contributed by atoms with Gasteiger partial charge in [-0.25, -0.2) is 16.8 Å². The van der Waals surface area contributed by atoms with E-state index in [9.17, 15) is 16.8 Å². The monoisotopic (exact) mass is 308 g/mol. The van der Waals surface area contributed by atoms with Crippen LogP contribution in [0.2, 0.25) is 0 Å². The second-order valence-corrected chi connectivity index (χ2v) is 11.4. The fourth-order valence-corrected chi connectivity index (χ4v) is 3.75. The highest BCUT2D eigenvalue weighted by Gasteiger charge is 2.45. The van der Waals surface area contributed by atoms with E-state index in [1.54, 1.807) is 0 Å². The molecule has 1 radical (unpaired) electrons. The zero-order valence-electron chi connectivity index (χ0n) is 11.8. The topological polar surface area (TPSA) is 107 Å². The average molecular weight is 308 g/mol. The van der Waals surface area contributed by atoms with E-state index in [4.69, 9.17) is 0 Å². The van der Waals surface area contributed by atoms with E-state index in [1.807, 2.05) is 0 Å². The summed E-state index contributed by atoms with van der Waals surface area (Å²) in [6, 6.07) is 0. The number of nitrogens with zero attached hydrogens (tertiary/aromatic N) is 3. The molecular formula is C10H18N3O4S2. The fraction of sp³-hybridized carbons (Fsp3) is 0.800. The zero-order valence-corrected chi connectivity index (χ0v) is 13.4. The van der Waals surface area contributed by atoms with Crippen molar-refractivity contribution in [2.24, 2.45) is 10.3 Å². The van der Waals surface area contributed by atoms with E-state index < -0.39 is 39.2 Å². The maximum atomic E-state index is 12.3. The first kappa shape index (κ1) is 16.1. The van der Waals surface area contributed by atoms with Crippen molar-refractivity contribution in [3.63, 3.8) is 0 Å². The molecule has 19 heavy (non-hydrogen) atoms. The molecule has 0 aromatic heterocycles. The van der Waals surface area contributed by atoms with E-state index in [0.29, 0.717) is 0 Å². The van der Waals surface area contributed by atoms with E-state index in [-0.39, 0.29) is 0 Å². The van der Waals surface area contributed by atoms with Gasteiger partial charge in [0.15, 0.2) is 0 Å². The molecule has 9 heteroatoms. The molecule has 0 amide bonds. The first-order valence-corrected chi connectivity index (χ1v) is 8.55. The lowest BCUT2D eigenvalue weighted by atomic mass is 10.3. The van der Waals surface area contributed by atoms with Crippen LogP contribution < -0.4 is 5.43 Å². The van der Waals surface area contributed by atoms with E-state index in [0.717, 1.165) is 0 Å². The molecule has 0 unspecified atom stereocenters. The van der Waals surface area contributed by atoms with Gasteiger partial charge in [-0.3, -0.25) is 0 Å². The molecule has 0 fully saturated rings. The molecule has 0 N–H and O–H groups in total. The van der Waals surface area contributed by atoms with E-state index >= 15 is 0 Å². The van der Waals surface area contributed by atoms with E-state index in [1.165, 1.54) is 41.5 Å². The van der Waals surface area contributed by atoms with Gasteiger partial charge < -0.3 is 0 Å². The largest absolute Gasteiger partial charge is 0.221 e. The molecule has 0 aromatic carbocycles. The van der Waals surface area contributed by atoms with Gasteiger partial charge in [-0.1, -0.05) is 0 Å². The van der Waals surface area contributed by atoms with Gasteiger partial charge in [0.05, 0.1) is 9.49 Å². The van der Waals surface area contributed by atoms with E-state index in [2.05, 4.69) is 15.8 Å². The summed E-state index contributed by atoms with van der Waals surface area (Å²) < 4.78 is 46.8. The molecule has 0 saturated heterocycles. The standard InChI is InChI=1S/C10H18N3O4S2/c1-9(2,3)18(14,15)7-8(12-13-11-7)19(16,17)10(4,5)6/h1-6H3. The van der Waals surface area contributed by atoms with Gasteiger partial charge in [0.25, 0.3) is 0 Å². The normalized spacial score (nSPS) is 17.8. The molecule has 1 aliphatic rings. The molecule has 7 nitrogen and oxygen atoms in total. The Hall–Kier alpha value is -0.960. The van der Waals surface area contributed by atoms with Gasteiger partial charge in [0, 0.05) is 0 Å². The Morgan fingerprint density at radius 2 is 1.11 bits per heavy atom. The molecule has 109 valence electrons. The zero-order chi connectivity index (χ0) is 15.3. The maximum absolute atomic E-state index is 12.3. The van der Waals surface area contributed by atoms with Crippen LogP contribution in [0.25, 0.3) is 0 Å². The Balaban J connectivity index is 3.59. The minimum absolute atomic E-state index is 0.574. The Kier molecular flexibility index (Phi) is 3.62. The predicted octanol–water partition coefficient (Wildman–Crippen LogP) is 1.52. The van der Waals surface area contributed by atoms with Crippen LogP contribution in [0.1, 0.15) is 41.5 Å². The van der Waals surface area contributed by atoms with Crippen LogP contribution in [0.15, 0.2) is 20.4 Å². The van der Waals surface area contributed by atoms with Gasteiger partial charge in [-0.05, 0) is 46.8 Å². The Bertz CT molecular complexity index is 644. The average Bonchev–Trinajstić information content (AvgIpc) is 2.62. The highest BCUT2D eigenvalue weighted by Crippen LogP contribution is 2.34. The SMILES string of the molecule is CC(C)(C)S(=O)(=O)C1=C(S(=O)(=O)C(C)(C)C)N=N[N]1. The summed E-state index contributed by atoms with van der Waals surface area (Å²) in [6.45, 7) is 8.78. The van der Waals surface area contributed by atoms with Crippen molar-refractivity contribution in [3.8, 4) is 0 Å². The van der Waals surface area contributed by atoms with Crippen molar-refractivity contribution in [2.75, 3.05) is 0 Å². The molecule has 1 aliphatic heterocycles. The van der Waals surface area contributed by atoms with Crippen LogP contribution >= 0.6 is 0 Å². The summed E-state index contributed by atoms with van der Waals surface area (Å²) in [5.41, 5.74) is 3.41. The molecular weight excluding hydrogens is 290 g/mol. The highest BCUT2D eigenvalue weighted by molar-refractivity contribution is 8.00. The smallest absolute Gasteiger partial charge is 0.219 e. The summed E-state index contributed by atoms with van der Waals surface area (Å²) >= 11 is 0. The minimum Gasteiger partial charge on any atom is -0.221 e. The van der Waals surface area contributed by atoms with Crippen LogP contribution in [0.3, 0.4) is 0 Å². The van der Waals surface area contributed by atoms with Crippen LogP contribution in [-0.2, 0) is 19.7 Å². The second kappa shape index (κ2) is 4.27. The Morgan fingerprint density at radius 3 is 1.47 bits per heavy atom. The van der Waals surface area contributed by atoms with Crippen molar-refractivity contribution in [1.82, 2.24) is 5.43 Å². The third kappa shape index (κ3) is 2.53. The molecule has 0 atom stereocenters. The van der Waals surface area contributed by atoms with Crippen LogP contribution in [0.5, 0.6) is 0 Å². The van der Waals surface area contributed by atoms with Crippen molar-refractivity contribution < 1.29 is 16.8 Å². The summed E-state index contributed by atoms with van der Waals surface area (Å²) in [7, 11) is -7.84. The number of hydrogen-bond acceptors (Lipinski definition) is 6. The third-order valence-corrected chi connectivity index (χ3v) is 7.50. The van der Waals surface area contributed by atoms with Gasteiger partial charge in [0.1, 0.15) is 0 Å². The van der Waals surface area contributed by atoms with Crippen LogP contribution in [0, 0.1) is 0 Å². The molecule has 0 bridgehead atoms. The second-order valence-electron chi connectivity index (χ2n) is 6.13. The molecule has 0 saturated carbocycles. The lowest BCUT2D eigenvalue weighted by Crippen LogP contribution is -2.34. The minimum atomic E-state index is -3.92. The van der Waals surface area contributed by atoms with Gasteiger partial charge in [-0.15, -0.1) is 10.5 Å². The molecule has 1 heterocycles. The van der Waals surface area contributed by atoms with Crippen molar-refractivity contribution in [3.05, 3.63) is 10.1 Å². The fourth-order valence-electron chi connectivity index (χ4n) is 1.11. The quantitative estimate of drug-likeness (QED) is 0.770. The summed E-state index contributed by atoms with van der Waals surface area (Å²) in [5, 5.41) is 5.48. The lowest BCUT2D eigenvalue weighted by molar-refractivity contribution is 0.559. The van der Waals surface area contributed by atoms with Gasteiger partial charge in [-0.2, -0.15) is 0 Å².